The maximum Gasteiger partial charge on any atom is 0.264 e. The van der Waals surface area contributed by atoms with Gasteiger partial charge in [0.05, 0.1) is 16.7 Å². The summed E-state index contributed by atoms with van der Waals surface area (Å²) in [5.41, 5.74) is 1.10. The van der Waals surface area contributed by atoms with Gasteiger partial charge in [-0.1, -0.05) is 18.2 Å². The van der Waals surface area contributed by atoms with Crippen LogP contribution < -0.4 is 4.31 Å². The highest BCUT2D eigenvalue weighted by Gasteiger charge is 2.31. The number of benzene rings is 2. The number of anilines is 1. The molecular weight excluding hydrogens is 432 g/mol. The van der Waals surface area contributed by atoms with Crippen LogP contribution in [-0.4, -0.2) is 63.1 Å². The van der Waals surface area contributed by atoms with E-state index >= 15 is 0 Å². The molecule has 0 aromatic heterocycles. The molecule has 166 valence electrons. The lowest BCUT2D eigenvalue weighted by atomic mass is 10.1. The number of sulfonamides is 1. The van der Waals surface area contributed by atoms with Crippen LogP contribution in [0.5, 0.6) is 0 Å². The average molecular weight is 461 g/mol. The number of amides is 1. The van der Waals surface area contributed by atoms with E-state index in [0.717, 1.165) is 37.4 Å². The van der Waals surface area contributed by atoms with Gasteiger partial charge in [0, 0.05) is 37.6 Å². The topological polar surface area (TPSA) is 66.9 Å². The number of nitrogens with zero attached hydrogens (tertiary/aromatic N) is 2. The summed E-state index contributed by atoms with van der Waals surface area (Å²) in [5, 5.41) is 0. The first kappa shape index (κ1) is 22.2. The standard InChI is InChI=1S/C23H28N2O4S2/c1-24(19-6-3-2-4-7-19)31(27,28)22-11-9-18(10-12-22)23(26)25(20-13-15-30-17-20)16-21-8-5-14-29-21/h2-4,6-7,9-12,20-21H,5,8,13-17H2,1H3. The van der Waals surface area contributed by atoms with Gasteiger partial charge in [-0.2, -0.15) is 11.8 Å². The fourth-order valence-electron chi connectivity index (χ4n) is 4.04. The predicted octanol–water partition coefficient (Wildman–Crippen LogP) is 3.64. The molecule has 2 aromatic carbocycles. The lowest BCUT2D eigenvalue weighted by molar-refractivity contribution is 0.0441. The number of carbonyl (C=O) groups excluding carboxylic acids is 1. The van der Waals surface area contributed by atoms with Crippen LogP contribution in [0.25, 0.3) is 0 Å². The lowest BCUT2D eigenvalue weighted by Crippen LogP contribution is -2.44. The SMILES string of the molecule is CN(c1ccccc1)S(=O)(=O)c1ccc(C(=O)N(CC2CCCO2)C2CCSC2)cc1. The fourth-order valence-corrected chi connectivity index (χ4v) is 6.46. The molecule has 0 N–H and O–H groups in total. The highest BCUT2D eigenvalue weighted by atomic mass is 32.2. The molecule has 2 atom stereocenters. The zero-order valence-corrected chi connectivity index (χ0v) is 19.3. The Morgan fingerprint density at radius 2 is 1.84 bits per heavy atom. The van der Waals surface area contributed by atoms with Crippen molar-refractivity contribution in [1.82, 2.24) is 4.90 Å². The number of rotatable bonds is 7. The Balaban J connectivity index is 1.53. The Morgan fingerprint density at radius 3 is 2.45 bits per heavy atom. The number of hydrogen-bond donors (Lipinski definition) is 0. The molecule has 1 amide bonds. The van der Waals surface area contributed by atoms with Crippen molar-refractivity contribution in [1.29, 1.82) is 0 Å². The molecule has 2 heterocycles. The van der Waals surface area contributed by atoms with Crippen LogP contribution in [0.2, 0.25) is 0 Å². The average Bonchev–Trinajstić information content (AvgIpc) is 3.51. The molecule has 4 rings (SSSR count). The van der Waals surface area contributed by atoms with Crippen LogP contribution in [-0.2, 0) is 14.8 Å². The Morgan fingerprint density at radius 1 is 1.10 bits per heavy atom. The van der Waals surface area contributed by atoms with Crippen LogP contribution in [0, 0.1) is 0 Å². The van der Waals surface area contributed by atoms with E-state index in [9.17, 15) is 13.2 Å². The van der Waals surface area contributed by atoms with Gasteiger partial charge < -0.3 is 9.64 Å². The minimum absolute atomic E-state index is 0.0524. The van der Waals surface area contributed by atoms with Gasteiger partial charge in [0.15, 0.2) is 0 Å². The van der Waals surface area contributed by atoms with E-state index in [0.29, 0.717) is 17.8 Å². The smallest absolute Gasteiger partial charge is 0.264 e. The highest BCUT2D eigenvalue weighted by molar-refractivity contribution is 7.99. The molecule has 31 heavy (non-hydrogen) atoms. The second kappa shape index (κ2) is 9.63. The minimum atomic E-state index is -3.70. The largest absolute Gasteiger partial charge is 0.376 e. The number of hydrogen-bond acceptors (Lipinski definition) is 5. The second-order valence-corrected chi connectivity index (χ2v) is 11.1. The van der Waals surface area contributed by atoms with Crippen LogP contribution in [0.15, 0.2) is 59.5 Å². The number of ether oxygens (including phenoxy) is 1. The molecule has 2 saturated heterocycles. The maximum atomic E-state index is 13.3. The maximum absolute atomic E-state index is 13.3. The zero-order chi connectivity index (χ0) is 21.8. The Kier molecular flexibility index (Phi) is 6.89. The molecule has 8 heteroatoms. The molecule has 0 saturated carbocycles. The third kappa shape index (κ3) is 4.91. The summed E-state index contributed by atoms with van der Waals surface area (Å²) in [5.74, 6) is 1.94. The first-order valence-corrected chi connectivity index (χ1v) is 13.2. The number of thioether (sulfide) groups is 1. The van der Waals surface area contributed by atoms with Crippen LogP contribution in [0.3, 0.4) is 0 Å². The van der Waals surface area contributed by atoms with Gasteiger partial charge in [-0.25, -0.2) is 8.42 Å². The van der Waals surface area contributed by atoms with Gasteiger partial charge >= 0.3 is 0 Å². The van der Waals surface area contributed by atoms with Crippen LogP contribution >= 0.6 is 11.8 Å². The first-order chi connectivity index (χ1) is 15.0. The summed E-state index contributed by atoms with van der Waals surface area (Å²) in [6, 6.07) is 15.4. The van der Waals surface area contributed by atoms with Gasteiger partial charge in [-0.3, -0.25) is 9.10 Å². The molecular formula is C23H28N2O4S2. The summed E-state index contributed by atoms with van der Waals surface area (Å²) in [6.45, 7) is 1.36. The van der Waals surface area contributed by atoms with Crippen molar-refractivity contribution in [2.75, 3.05) is 36.0 Å². The van der Waals surface area contributed by atoms with Gasteiger partial charge in [0.2, 0.25) is 0 Å². The van der Waals surface area contributed by atoms with E-state index in [1.54, 1.807) is 36.4 Å². The third-order valence-corrected chi connectivity index (χ3v) is 8.86. The second-order valence-electron chi connectivity index (χ2n) is 7.94. The molecule has 2 aliphatic rings. The van der Waals surface area contributed by atoms with E-state index in [1.165, 1.54) is 23.5 Å². The van der Waals surface area contributed by atoms with Gasteiger partial charge in [0.1, 0.15) is 0 Å². The fraction of sp³-hybridized carbons (Fsp3) is 0.435. The van der Waals surface area contributed by atoms with Gasteiger partial charge in [-0.05, 0) is 61.4 Å². The first-order valence-electron chi connectivity index (χ1n) is 10.6. The lowest BCUT2D eigenvalue weighted by Gasteiger charge is -2.31. The zero-order valence-electron chi connectivity index (χ0n) is 17.6. The minimum Gasteiger partial charge on any atom is -0.376 e. The van der Waals surface area contributed by atoms with Gasteiger partial charge in [-0.15, -0.1) is 0 Å². The van der Waals surface area contributed by atoms with Crippen molar-refractivity contribution in [3.8, 4) is 0 Å². The predicted molar refractivity (Wildman–Crippen MR) is 124 cm³/mol. The van der Waals surface area contributed by atoms with Crippen molar-refractivity contribution in [2.24, 2.45) is 0 Å². The molecule has 0 spiro atoms. The van der Waals surface area contributed by atoms with Crippen molar-refractivity contribution in [3.05, 3.63) is 60.2 Å². The quantitative estimate of drug-likeness (QED) is 0.631. The summed E-state index contributed by atoms with van der Waals surface area (Å²) in [7, 11) is -2.17. The molecule has 2 aromatic rings. The van der Waals surface area contributed by atoms with E-state index < -0.39 is 10.0 Å². The van der Waals surface area contributed by atoms with Crippen LogP contribution in [0.1, 0.15) is 29.6 Å². The van der Waals surface area contributed by atoms with Gasteiger partial charge in [0.25, 0.3) is 15.9 Å². The van der Waals surface area contributed by atoms with E-state index in [-0.39, 0.29) is 22.9 Å². The summed E-state index contributed by atoms with van der Waals surface area (Å²) in [4.78, 5) is 15.4. The summed E-state index contributed by atoms with van der Waals surface area (Å²) >= 11 is 1.87. The summed E-state index contributed by atoms with van der Waals surface area (Å²) in [6.07, 6.45) is 3.09. The number of para-hydroxylation sites is 1. The molecule has 0 aliphatic carbocycles. The Hall–Kier alpha value is -2.03. The van der Waals surface area contributed by atoms with E-state index in [1.807, 2.05) is 22.7 Å². The highest BCUT2D eigenvalue weighted by Crippen LogP contribution is 2.27. The Labute approximate surface area is 188 Å². The molecule has 2 aliphatic heterocycles. The van der Waals surface area contributed by atoms with Crippen LogP contribution in [0.4, 0.5) is 5.69 Å². The summed E-state index contributed by atoms with van der Waals surface area (Å²) < 4.78 is 33.0. The molecule has 0 bridgehead atoms. The Bertz CT molecular complexity index is 984. The molecule has 2 fully saturated rings. The van der Waals surface area contributed by atoms with E-state index in [4.69, 9.17) is 4.74 Å². The van der Waals surface area contributed by atoms with Crippen molar-refractivity contribution < 1.29 is 17.9 Å². The van der Waals surface area contributed by atoms with Crippen molar-refractivity contribution in [3.63, 3.8) is 0 Å². The number of carbonyl (C=O) groups is 1. The van der Waals surface area contributed by atoms with Crippen molar-refractivity contribution >= 4 is 33.4 Å². The normalized spacial score (nSPS) is 21.2. The molecule has 0 radical (unpaired) electrons. The van der Waals surface area contributed by atoms with Crippen molar-refractivity contribution in [2.45, 2.75) is 36.3 Å². The van der Waals surface area contributed by atoms with E-state index in [2.05, 4.69) is 0 Å². The third-order valence-electron chi connectivity index (χ3n) is 5.91. The monoisotopic (exact) mass is 460 g/mol. The molecule has 6 nitrogen and oxygen atoms in total. The molecule has 2 unspecified atom stereocenters.